The van der Waals surface area contributed by atoms with E-state index in [1.54, 1.807) is 42.5 Å². The lowest BCUT2D eigenvalue weighted by atomic mass is 10.2. The number of hydrogen-bond donors (Lipinski definition) is 1. The van der Waals surface area contributed by atoms with Crippen LogP contribution < -0.4 is 10.1 Å². The second kappa shape index (κ2) is 11.8. The van der Waals surface area contributed by atoms with Crippen LogP contribution >= 0.6 is 46.6 Å². The zero-order valence-electron chi connectivity index (χ0n) is 18.7. The molecule has 4 rings (SSSR count). The van der Waals surface area contributed by atoms with Crippen LogP contribution in [0.5, 0.6) is 5.75 Å². The summed E-state index contributed by atoms with van der Waals surface area (Å²) in [7, 11) is 0. The van der Waals surface area contributed by atoms with Gasteiger partial charge >= 0.3 is 0 Å². The summed E-state index contributed by atoms with van der Waals surface area (Å²) in [4.78, 5) is 12.4. The number of nitrogens with one attached hydrogen (secondary N) is 1. The van der Waals surface area contributed by atoms with Crippen molar-refractivity contribution < 1.29 is 9.53 Å². The molecule has 35 heavy (non-hydrogen) atoms. The number of carbonyl (C=O) groups is 1. The van der Waals surface area contributed by atoms with Crippen LogP contribution in [0.4, 0.5) is 0 Å². The van der Waals surface area contributed by atoms with Gasteiger partial charge in [0.1, 0.15) is 5.75 Å². The molecule has 0 bridgehead atoms. The molecule has 0 aliphatic heterocycles. The molecule has 0 saturated heterocycles. The van der Waals surface area contributed by atoms with Gasteiger partial charge in [0.15, 0.2) is 17.6 Å². The van der Waals surface area contributed by atoms with Gasteiger partial charge in [-0.1, -0.05) is 76.4 Å². The molecule has 0 unspecified atom stereocenters. The highest BCUT2D eigenvalue weighted by Crippen LogP contribution is 2.31. The number of carbonyl (C=O) groups excluding carboxylic acids is 1. The molecule has 0 spiro atoms. The Bertz CT molecular complexity index is 1330. The van der Waals surface area contributed by atoms with Gasteiger partial charge in [0.2, 0.25) is 0 Å². The molecular formula is C25H21Cl3N4O2S. The third-order valence-electron chi connectivity index (χ3n) is 4.93. The minimum absolute atomic E-state index is 0.139. The first kappa shape index (κ1) is 25.4. The van der Waals surface area contributed by atoms with Crippen LogP contribution in [-0.4, -0.2) is 27.3 Å². The molecule has 0 radical (unpaired) electrons. The fraction of sp³-hybridized carbons (Fsp3) is 0.160. The molecule has 1 heterocycles. The minimum Gasteiger partial charge on any atom is -0.484 e. The molecular weight excluding hydrogens is 527 g/mol. The highest BCUT2D eigenvalue weighted by molar-refractivity contribution is 7.98. The van der Waals surface area contributed by atoms with E-state index in [4.69, 9.17) is 39.5 Å². The fourth-order valence-electron chi connectivity index (χ4n) is 3.27. The van der Waals surface area contributed by atoms with Crippen molar-refractivity contribution in [3.63, 3.8) is 0 Å². The Kier molecular flexibility index (Phi) is 8.57. The highest BCUT2D eigenvalue weighted by atomic mass is 35.5. The Hall–Kier alpha value is -2.71. The van der Waals surface area contributed by atoms with Crippen LogP contribution in [-0.2, 0) is 17.1 Å². The van der Waals surface area contributed by atoms with Crippen molar-refractivity contribution in [2.75, 3.05) is 6.61 Å². The van der Waals surface area contributed by atoms with Crippen LogP contribution in [0.15, 0.2) is 71.9 Å². The summed E-state index contributed by atoms with van der Waals surface area (Å²) in [5.41, 5.74) is 3.03. The summed E-state index contributed by atoms with van der Waals surface area (Å²) >= 11 is 20.0. The van der Waals surface area contributed by atoms with Gasteiger partial charge in [0.05, 0.1) is 17.3 Å². The Balaban J connectivity index is 1.49. The van der Waals surface area contributed by atoms with Crippen LogP contribution in [0.1, 0.15) is 17.0 Å². The predicted octanol–water partition coefficient (Wildman–Crippen LogP) is 6.52. The Morgan fingerprint density at radius 2 is 1.77 bits per heavy atom. The minimum atomic E-state index is -0.300. The lowest BCUT2D eigenvalue weighted by Crippen LogP contribution is -2.29. The van der Waals surface area contributed by atoms with E-state index in [0.717, 1.165) is 0 Å². The van der Waals surface area contributed by atoms with E-state index in [2.05, 4.69) is 40.6 Å². The van der Waals surface area contributed by atoms with Crippen molar-refractivity contribution in [1.82, 2.24) is 20.1 Å². The SMILES string of the molecule is Cc1cccc(CSc2nnc(CNC(=O)COc3ccc(Cl)cc3)n2-c2ccc(Cl)cc2Cl)c1. The number of hydrogen-bond acceptors (Lipinski definition) is 5. The fourth-order valence-corrected chi connectivity index (χ4v) is 4.80. The molecule has 180 valence electrons. The van der Waals surface area contributed by atoms with Crippen LogP contribution in [0, 0.1) is 6.92 Å². The van der Waals surface area contributed by atoms with Gasteiger partial charge in [-0.15, -0.1) is 10.2 Å². The number of rotatable bonds is 9. The van der Waals surface area contributed by atoms with Gasteiger partial charge in [-0.3, -0.25) is 9.36 Å². The molecule has 6 nitrogen and oxygen atoms in total. The van der Waals surface area contributed by atoms with Gasteiger partial charge in [0.25, 0.3) is 5.91 Å². The Morgan fingerprint density at radius 3 is 2.51 bits per heavy atom. The third-order valence-corrected chi connectivity index (χ3v) is 6.72. The number of aryl methyl sites for hydroxylation is 1. The second-order valence-corrected chi connectivity index (χ2v) is 9.85. The van der Waals surface area contributed by atoms with Crippen molar-refractivity contribution in [3.8, 4) is 11.4 Å². The largest absolute Gasteiger partial charge is 0.484 e. The number of nitrogens with zero attached hydrogens (tertiary/aromatic N) is 3. The van der Waals surface area contributed by atoms with E-state index in [1.165, 1.54) is 22.9 Å². The molecule has 0 fully saturated rings. The van der Waals surface area contributed by atoms with E-state index in [-0.39, 0.29) is 19.1 Å². The molecule has 1 N–H and O–H groups in total. The van der Waals surface area contributed by atoms with Crippen molar-refractivity contribution >= 4 is 52.5 Å². The zero-order chi connectivity index (χ0) is 24.8. The zero-order valence-corrected chi connectivity index (χ0v) is 21.8. The molecule has 3 aromatic carbocycles. The van der Waals surface area contributed by atoms with Gasteiger partial charge < -0.3 is 10.1 Å². The topological polar surface area (TPSA) is 69.0 Å². The maximum Gasteiger partial charge on any atom is 0.258 e. The molecule has 1 amide bonds. The quantitative estimate of drug-likeness (QED) is 0.242. The van der Waals surface area contributed by atoms with Crippen molar-refractivity contribution in [1.29, 1.82) is 0 Å². The summed E-state index contributed by atoms with van der Waals surface area (Å²) in [5, 5.41) is 13.7. The van der Waals surface area contributed by atoms with E-state index >= 15 is 0 Å². The first-order chi connectivity index (χ1) is 16.9. The number of benzene rings is 3. The van der Waals surface area contributed by atoms with Crippen LogP contribution in [0.3, 0.4) is 0 Å². The average molecular weight is 548 g/mol. The first-order valence-corrected chi connectivity index (χ1v) is 12.7. The van der Waals surface area contributed by atoms with Crippen LogP contribution in [0.2, 0.25) is 15.1 Å². The number of thioether (sulfide) groups is 1. The average Bonchev–Trinajstić information content (AvgIpc) is 3.23. The normalized spacial score (nSPS) is 10.9. The van der Waals surface area contributed by atoms with E-state index < -0.39 is 0 Å². The Morgan fingerprint density at radius 1 is 1.00 bits per heavy atom. The number of amides is 1. The van der Waals surface area contributed by atoms with Gasteiger partial charge in [0, 0.05) is 15.8 Å². The van der Waals surface area contributed by atoms with Crippen molar-refractivity contribution in [3.05, 3.63) is 98.7 Å². The number of halogens is 3. The molecule has 10 heteroatoms. The highest BCUT2D eigenvalue weighted by Gasteiger charge is 2.18. The smallest absolute Gasteiger partial charge is 0.258 e. The van der Waals surface area contributed by atoms with Crippen molar-refractivity contribution in [2.24, 2.45) is 0 Å². The third kappa shape index (κ3) is 6.92. The van der Waals surface area contributed by atoms with Gasteiger partial charge in [-0.25, -0.2) is 0 Å². The van der Waals surface area contributed by atoms with Crippen LogP contribution in [0.25, 0.3) is 5.69 Å². The Labute approximate surface area is 222 Å². The molecule has 4 aromatic rings. The van der Waals surface area contributed by atoms with Gasteiger partial charge in [-0.05, 0) is 55.0 Å². The van der Waals surface area contributed by atoms with E-state index in [1.807, 2.05) is 10.6 Å². The summed E-state index contributed by atoms with van der Waals surface area (Å²) in [6.07, 6.45) is 0. The summed E-state index contributed by atoms with van der Waals surface area (Å²) < 4.78 is 7.34. The lowest BCUT2D eigenvalue weighted by molar-refractivity contribution is -0.123. The molecule has 0 aliphatic rings. The molecule has 1 aromatic heterocycles. The summed E-state index contributed by atoms with van der Waals surface area (Å²) in [6.45, 7) is 2.05. The maximum atomic E-state index is 12.4. The molecule has 0 atom stereocenters. The summed E-state index contributed by atoms with van der Waals surface area (Å²) in [6, 6.07) is 20.3. The predicted molar refractivity (Wildman–Crippen MR) is 141 cm³/mol. The van der Waals surface area contributed by atoms with Crippen molar-refractivity contribution in [2.45, 2.75) is 24.4 Å². The molecule has 0 saturated carbocycles. The van der Waals surface area contributed by atoms with E-state index in [9.17, 15) is 4.79 Å². The van der Waals surface area contributed by atoms with Gasteiger partial charge in [-0.2, -0.15) is 0 Å². The number of aromatic nitrogens is 3. The maximum absolute atomic E-state index is 12.4. The standard InChI is InChI=1S/C25H21Cl3N4O2S/c1-16-3-2-4-17(11-16)15-35-25-31-30-23(32(25)22-10-7-19(27)12-21(22)28)13-29-24(33)14-34-20-8-5-18(26)6-9-20/h2-12H,13-15H2,1H3,(H,29,33). The molecule has 0 aliphatic carbocycles. The van der Waals surface area contributed by atoms with E-state index in [0.29, 0.717) is 43.2 Å². The monoisotopic (exact) mass is 546 g/mol. The number of ether oxygens (including phenoxy) is 1. The summed E-state index contributed by atoms with van der Waals surface area (Å²) in [5.74, 6) is 1.48. The lowest BCUT2D eigenvalue weighted by Gasteiger charge is -2.13. The second-order valence-electron chi connectivity index (χ2n) is 7.63. The first-order valence-electron chi connectivity index (χ1n) is 10.6.